The molecule has 0 bridgehead atoms. The minimum Gasteiger partial charge on any atom is -0.490 e. The highest BCUT2D eigenvalue weighted by atomic mass is 16.5. The highest BCUT2D eigenvalue weighted by Crippen LogP contribution is 2.39. The van der Waals surface area contributed by atoms with Crippen molar-refractivity contribution in [2.75, 3.05) is 19.8 Å². The molecule has 4 amide bonds. The van der Waals surface area contributed by atoms with Crippen LogP contribution in [0, 0.1) is 0 Å². The molecule has 2 aromatic rings. The van der Waals surface area contributed by atoms with E-state index in [0.29, 0.717) is 49.9 Å². The van der Waals surface area contributed by atoms with Gasteiger partial charge >= 0.3 is 6.03 Å². The Morgan fingerprint density at radius 3 is 2.12 bits per heavy atom. The standard InChI is InChI=1S/C25H31N3O6/c1-5-32-19-15-18(16-20(33-6-2)21(19)34-7-3)22(29)27-28-23(30)25(4,26-24(28)31)14-13-17-11-9-8-10-12-17/h8-12,15-16H,5-7,13-14H2,1-4H3,(H,26,31)(H,27,29). The van der Waals surface area contributed by atoms with Gasteiger partial charge in [-0.25, -0.2) is 4.79 Å². The number of amides is 4. The van der Waals surface area contributed by atoms with E-state index in [1.54, 1.807) is 6.92 Å². The number of carbonyl (C=O) groups is 3. The predicted molar refractivity (Wildman–Crippen MR) is 126 cm³/mol. The van der Waals surface area contributed by atoms with Crippen LogP contribution < -0.4 is 25.0 Å². The Morgan fingerprint density at radius 1 is 0.971 bits per heavy atom. The van der Waals surface area contributed by atoms with Gasteiger partial charge < -0.3 is 19.5 Å². The summed E-state index contributed by atoms with van der Waals surface area (Å²) in [6, 6.07) is 12.0. The van der Waals surface area contributed by atoms with Gasteiger partial charge in [0.25, 0.3) is 11.8 Å². The minimum absolute atomic E-state index is 0.161. The Bertz CT molecular complexity index is 1020. The van der Waals surface area contributed by atoms with Crippen molar-refractivity contribution < 1.29 is 28.6 Å². The van der Waals surface area contributed by atoms with Crippen molar-refractivity contribution in [3.63, 3.8) is 0 Å². The van der Waals surface area contributed by atoms with Crippen molar-refractivity contribution in [3.8, 4) is 17.2 Å². The number of nitrogens with one attached hydrogen (secondary N) is 2. The Hall–Kier alpha value is -3.75. The van der Waals surface area contributed by atoms with E-state index >= 15 is 0 Å². The highest BCUT2D eigenvalue weighted by molar-refractivity contribution is 6.09. The molecule has 0 saturated carbocycles. The molecule has 1 aliphatic rings. The van der Waals surface area contributed by atoms with Gasteiger partial charge in [-0.05, 0) is 58.2 Å². The number of ether oxygens (including phenoxy) is 3. The first-order chi connectivity index (χ1) is 16.3. The lowest BCUT2D eigenvalue weighted by molar-refractivity contribution is -0.132. The molecule has 9 heteroatoms. The third kappa shape index (κ3) is 5.41. The molecular weight excluding hydrogens is 438 g/mol. The topological polar surface area (TPSA) is 106 Å². The van der Waals surface area contributed by atoms with Crippen molar-refractivity contribution in [1.29, 1.82) is 0 Å². The van der Waals surface area contributed by atoms with E-state index in [0.717, 1.165) is 10.6 Å². The maximum Gasteiger partial charge on any atom is 0.344 e. The predicted octanol–water partition coefficient (Wildman–Crippen LogP) is 3.47. The van der Waals surface area contributed by atoms with Crippen LogP contribution in [-0.4, -0.2) is 48.2 Å². The summed E-state index contributed by atoms with van der Waals surface area (Å²) in [4.78, 5) is 38.7. The zero-order valence-electron chi connectivity index (χ0n) is 20.0. The fourth-order valence-corrected chi connectivity index (χ4v) is 3.68. The minimum atomic E-state index is -1.13. The molecular formula is C25H31N3O6. The SMILES string of the molecule is CCOc1cc(C(=O)NN2C(=O)NC(C)(CCc3ccccc3)C2=O)cc(OCC)c1OCC. The molecule has 0 aliphatic carbocycles. The molecule has 2 aromatic carbocycles. The molecule has 2 N–H and O–H groups in total. The molecule has 182 valence electrons. The number of hydrogen-bond donors (Lipinski definition) is 2. The Morgan fingerprint density at radius 2 is 1.56 bits per heavy atom. The van der Waals surface area contributed by atoms with E-state index in [9.17, 15) is 14.4 Å². The fourth-order valence-electron chi connectivity index (χ4n) is 3.68. The second-order valence-electron chi connectivity index (χ2n) is 7.93. The number of benzene rings is 2. The van der Waals surface area contributed by atoms with Crippen LogP contribution in [0.5, 0.6) is 17.2 Å². The molecule has 3 rings (SSSR count). The van der Waals surface area contributed by atoms with Gasteiger partial charge in [-0.1, -0.05) is 30.3 Å². The summed E-state index contributed by atoms with van der Waals surface area (Å²) >= 11 is 0. The molecule has 34 heavy (non-hydrogen) atoms. The van der Waals surface area contributed by atoms with Crippen molar-refractivity contribution in [3.05, 3.63) is 53.6 Å². The van der Waals surface area contributed by atoms with Crippen LogP contribution >= 0.6 is 0 Å². The maximum absolute atomic E-state index is 13.1. The van der Waals surface area contributed by atoms with Crippen LogP contribution in [0.25, 0.3) is 0 Å². The van der Waals surface area contributed by atoms with E-state index in [-0.39, 0.29) is 5.56 Å². The average Bonchev–Trinajstić information content (AvgIpc) is 3.03. The van der Waals surface area contributed by atoms with Crippen LogP contribution in [0.2, 0.25) is 0 Å². The molecule has 1 saturated heterocycles. The second kappa shape index (κ2) is 10.9. The summed E-state index contributed by atoms with van der Waals surface area (Å²) in [7, 11) is 0. The lowest BCUT2D eigenvalue weighted by atomic mass is 9.93. The molecule has 0 aromatic heterocycles. The van der Waals surface area contributed by atoms with E-state index in [2.05, 4.69) is 10.7 Å². The molecule has 0 spiro atoms. The van der Waals surface area contributed by atoms with Gasteiger partial charge in [0.15, 0.2) is 11.5 Å². The summed E-state index contributed by atoms with van der Waals surface area (Å²) in [6.07, 6.45) is 0.986. The van der Waals surface area contributed by atoms with Crippen LogP contribution in [0.4, 0.5) is 4.79 Å². The molecule has 9 nitrogen and oxygen atoms in total. The number of rotatable bonds is 11. The van der Waals surface area contributed by atoms with Crippen molar-refractivity contribution in [2.45, 2.75) is 46.1 Å². The number of imide groups is 1. The number of urea groups is 1. The highest BCUT2D eigenvalue weighted by Gasteiger charge is 2.48. The molecule has 0 radical (unpaired) electrons. The zero-order chi connectivity index (χ0) is 24.7. The second-order valence-corrected chi connectivity index (χ2v) is 7.93. The third-order valence-electron chi connectivity index (χ3n) is 5.40. The smallest absolute Gasteiger partial charge is 0.344 e. The molecule has 1 unspecified atom stereocenters. The largest absolute Gasteiger partial charge is 0.490 e. The van der Waals surface area contributed by atoms with Crippen LogP contribution in [-0.2, 0) is 11.2 Å². The van der Waals surface area contributed by atoms with Crippen molar-refractivity contribution in [2.24, 2.45) is 0 Å². The van der Waals surface area contributed by atoms with E-state index in [1.165, 1.54) is 12.1 Å². The average molecular weight is 470 g/mol. The van der Waals surface area contributed by atoms with E-state index in [4.69, 9.17) is 14.2 Å². The first-order valence-corrected chi connectivity index (χ1v) is 11.4. The summed E-state index contributed by atoms with van der Waals surface area (Å²) < 4.78 is 16.9. The first kappa shape index (κ1) is 24.9. The fraction of sp³-hybridized carbons (Fsp3) is 0.400. The molecule has 1 heterocycles. The van der Waals surface area contributed by atoms with Crippen LogP contribution in [0.3, 0.4) is 0 Å². The Labute approximate surface area is 199 Å². The van der Waals surface area contributed by atoms with E-state index < -0.39 is 23.4 Å². The molecule has 1 fully saturated rings. The van der Waals surface area contributed by atoms with Gasteiger partial charge in [-0.2, -0.15) is 5.01 Å². The summed E-state index contributed by atoms with van der Waals surface area (Å²) in [5.74, 6) is -0.106. The van der Waals surface area contributed by atoms with Crippen molar-refractivity contribution in [1.82, 2.24) is 15.8 Å². The number of aryl methyl sites for hydroxylation is 1. The zero-order valence-corrected chi connectivity index (χ0v) is 20.0. The van der Waals surface area contributed by atoms with Gasteiger partial charge in [-0.3, -0.25) is 15.0 Å². The lowest BCUT2D eigenvalue weighted by Gasteiger charge is -2.22. The van der Waals surface area contributed by atoms with Gasteiger partial charge in [0, 0.05) is 5.56 Å². The quantitative estimate of drug-likeness (QED) is 0.488. The molecule has 1 atom stereocenters. The van der Waals surface area contributed by atoms with Crippen LogP contribution in [0.1, 0.15) is 50.0 Å². The lowest BCUT2D eigenvalue weighted by Crippen LogP contribution is -2.49. The monoisotopic (exact) mass is 469 g/mol. The number of carbonyl (C=O) groups excluding carboxylic acids is 3. The summed E-state index contributed by atoms with van der Waals surface area (Å²) in [5.41, 5.74) is 2.50. The van der Waals surface area contributed by atoms with Gasteiger partial charge in [0.2, 0.25) is 5.75 Å². The normalized spacial score (nSPS) is 17.4. The summed E-state index contributed by atoms with van der Waals surface area (Å²) in [6.45, 7) is 8.19. The van der Waals surface area contributed by atoms with Crippen molar-refractivity contribution >= 4 is 17.8 Å². The number of hydrogen-bond acceptors (Lipinski definition) is 6. The van der Waals surface area contributed by atoms with E-state index in [1.807, 2.05) is 51.1 Å². The maximum atomic E-state index is 13.1. The summed E-state index contributed by atoms with van der Waals surface area (Å²) in [5, 5.41) is 3.43. The van der Waals surface area contributed by atoms with Crippen LogP contribution in [0.15, 0.2) is 42.5 Å². The third-order valence-corrected chi connectivity index (χ3v) is 5.40. The van der Waals surface area contributed by atoms with Gasteiger partial charge in [0.1, 0.15) is 5.54 Å². The molecule has 1 aliphatic heterocycles. The first-order valence-electron chi connectivity index (χ1n) is 11.4. The van der Waals surface area contributed by atoms with Gasteiger partial charge in [-0.15, -0.1) is 0 Å². The Kier molecular flexibility index (Phi) is 7.99. The number of nitrogens with zero attached hydrogens (tertiary/aromatic N) is 1. The van der Waals surface area contributed by atoms with Gasteiger partial charge in [0.05, 0.1) is 19.8 Å². The number of hydrazine groups is 1. The Balaban J connectivity index is 1.79.